The van der Waals surface area contributed by atoms with E-state index in [0.717, 1.165) is 26.2 Å². The highest BCUT2D eigenvalue weighted by Crippen LogP contribution is 2.25. The molecule has 1 aliphatic rings. The Labute approximate surface area is 107 Å². The first-order valence-corrected chi connectivity index (χ1v) is 9.52. The van der Waals surface area contributed by atoms with E-state index in [1.54, 1.807) is 0 Å². The molecule has 1 saturated heterocycles. The molecule has 3 nitrogen and oxygen atoms in total. The molecule has 0 amide bonds. The zero-order valence-electron chi connectivity index (χ0n) is 11.8. The van der Waals surface area contributed by atoms with Gasteiger partial charge in [-0.05, 0) is 38.4 Å². The van der Waals surface area contributed by atoms with Crippen molar-refractivity contribution in [3.05, 3.63) is 0 Å². The van der Waals surface area contributed by atoms with E-state index in [2.05, 4.69) is 27.7 Å². The molecular weight excluding hydrogens is 232 g/mol. The van der Waals surface area contributed by atoms with Crippen LogP contribution in [-0.4, -0.2) is 40.3 Å². The first-order valence-electron chi connectivity index (χ1n) is 6.99. The van der Waals surface area contributed by atoms with Crippen LogP contribution in [0.5, 0.6) is 0 Å². The van der Waals surface area contributed by atoms with Crippen molar-refractivity contribution in [1.29, 1.82) is 0 Å². The molecule has 0 N–H and O–H groups in total. The van der Waals surface area contributed by atoms with E-state index in [9.17, 15) is 0 Å². The number of rotatable bonds is 10. The van der Waals surface area contributed by atoms with Crippen LogP contribution in [0.1, 0.15) is 34.1 Å². The molecule has 0 bridgehead atoms. The summed E-state index contributed by atoms with van der Waals surface area (Å²) in [5.74, 6) is 0. The largest absolute Gasteiger partial charge is 0.415 e. The molecule has 1 heterocycles. The lowest BCUT2D eigenvalue weighted by atomic mass is 10.5. The van der Waals surface area contributed by atoms with E-state index in [1.807, 2.05) is 0 Å². The molecule has 17 heavy (non-hydrogen) atoms. The average Bonchev–Trinajstić information content (AvgIpc) is 3.10. The van der Waals surface area contributed by atoms with Gasteiger partial charge in [0.1, 0.15) is 6.10 Å². The first-order chi connectivity index (χ1) is 8.12. The van der Waals surface area contributed by atoms with Crippen molar-refractivity contribution in [3.63, 3.8) is 0 Å². The highest BCUT2D eigenvalue weighted by molar-refractivity contribution is 6.73. The third-order valence-electron chi connectivity index (χ3n) is 3.40. The van der Waals surface area contributed by atoms with E-state index in [1.165, 1.54) is 18.1 Å². The SMILES string of the molecule is CC[Si](CC)(CCCOCC1CO1)OC(C)C. The molecule has 1 atom stereocenters. The lowest BCUT2D eigenvalue weighted by Gasteiger charge is -2.31. The Kier molecular flexibility index (Phi) is 6.70. The second-order valence-corrected chi connectivity index (χ2v) is 9.71. The third kappa shape index (κ3) is 6.00. The maximum Gasteiger partial charge on any atom is 0.192 e. The van der Waals surface area contributed by atoms with Crippen LogP contribution in [0.25, 0.3) is 0 Å². The van der Waals surface area contributed by atoms with E-state index in [-0.39, 0.29) is 0 Å². The van der Waals surface area contributed by atoms with E-state index < -0.39 is 8.32 Å². The Morgan fingerprint density at radius 1 is 1.29 bits per heavy atom. The zero-order chi connectivity index (χ0) is 12.7. The highest BCUT2D eigenvalue weighted by Gasteiger charge is 2.31. The number of hydrogen-bond donors (Lipinski definition) is 0. The summed E-state index contributed by atoms with van der Waals surface area (Å²) in [6, 6.07) is 3.66. The van der Waals surface area contributed by atoms with Crippen LogP contribution < -0.4 is 0 Å². The molecule has 1 aliphatic heterocycles. The van der Waals surface area contributed by atoms with Crippen LogP contribution in [0, 0.1) is 0 Å². The monoisotopic (exact) mass is 260 g/mol. The van der Waals surface area contributed by atoms with Gasteiger partial charge in [-0.1, -0.05) is 13.8 Å². The second kappa shape index (κ2) is 7.51. The summed E-state index contributed by atoms with van der Waals surface area (Å²) < 4.78 is 16.9. The van der Waals surface area contributed by atoms with Gasteiger partial charge in [-0.15, -0.1) is 0 Å². The fourth-order valence-corrected chi connectivity index (χ4v) is 5.65. The summed E-state index contributed by atoms with van der Waals surface area (Å²) in [7, 11) is -1.48. The van der Waals surface area contributed by atoms with Gasteiger partial charge in [0.25, 0.3) is 0 Å². The molecule has 0 saturated carbocycles. The predicted molar refractivity (Wildman–Crippen MR) is 72.9 cm³/mol. The fraction of sp³-hybridized carbons (Fsp3) is 1.00. The summed E-state index contributed by atoms with van der Waals surface area (Å²) in [5, 5.41) is 0. The van der Waals surface area contributed by atoms with Crippen molar-refractivity contribution >= 4 is 8.32 Å². The second-order valence-electron chi connectivity index (χ2n) is 5.19. The van der Waals surface area contributed by atoms with Crippen LogP contribution in [0.4, 0.5) is 0 Å². The quantitative estimate of drug-likeness (QED) is 0.343. The topological polar surface area (TPSA) is 31.0 Å². The molecule has 0 spiro atoms. The Morgan fingerprint density at radius 3 is 2.41 bits per heavy atom. The standard InChI is InChI=1S/C13H28O3Si/c1-5-17(6-2,16-12(3)4)9-7-8-14-10-13-11-15-13/h12-13H,5-11H2,1-4H3. The summed E-state index contributed by atoms with van der Waals surface area (Å²) in [6.07, 6.45) is 1.89. The Morgan fingerprint density at radius 2 is 1.94 bits per heavy atom. The lowest BCUT2D eigenvalue weighted by Crippen LogP contribution is -2.39. The minimum atomic E-state index is -1.48. The Hall–Kier alpha value is 0.0969. The van der Waals surface area contributed by atoms with E-state index in [4.69, 9.17) is 13.9 Å². The summed E-state index contributed by atoms with van der Waals surface area (Å²) in [6.45, 7) is 11.4. The maximum absolute atomic E-state index is 6.23. The molecule has 0 radical (unpaired) electrons. The van der Waals surface area contributed by atoms with Gasteiger partial charge in [0.2, 0.25) is 0 Å². The molecule has 102 valence electrons. The van der Waals surface area contributed by atoms with Crippen molar-refractivity contribution in [3.8, 4) is 0 Å². The minimum absolute atomic E-state index is 0.363. The molecule has 1 fully saturated rings. The van der Waals surface area contributed by atoms with E-state index >= 15 is 0 Å². The summed E-state index contributed by atoms with van der Waals surface area (Å²) in [5.41, 5.74) is 0. The molecule has 1 rings (SSSR count). The van der Waals surface area contributed by atoms with Gasteiger partial charge in [-0.2, -0.15) is 0 Å². The van der Waals surface area contributed by atoms with Crippen molar-refractivity contribution in [2.45, 2.75) is 64.5 Å². The van der Waals surface area contributed by atoms with Crippen LogP contribution in [0.3, 0.4) is 0 Å². The maximum atomic E-state index is 6.23. The van der Waals surface area contributed by atoms with Crippen molar-refractivity contribution in [2.24, 2.45) is 0 Å². The molecule has 4 heteroatoms. The molecule has 1 unspecified atom stereocenters. The van der Waals surface area contributed by atoms with Crippen molar-refractivity contribution in [2.75, 3.05) is 19.8 Å². The van der Waals surface area contributed by atoms with Gasteiger partial charge in [0.05, 0.1) is 13.2 Å². The summed E-state index contributed by atoms with van der Waals surface area (Å²) in [4.78, 5) is 0. The van der Waals surface area contributed by atoms with Crippen LogP contribution in [0.15, 0.2) is 0 Å². The van der Waals surface area contributed by atoms with Gasteiger partial charge >= 0.3 is 0 Å². The summed E-state index contributed by atoms with van der Waals surface area (Å²) >= 11 is 0. The van der Waals surface area contributed by atoms with Gasteiger partial charge in [-0.3, -0.25) is 0 Å². The predicted octanol–water partition coefficient (Wildman–Crippen LogP) is 3.20. The normalized spacial score (nSPS) is 19.9. The minimum Gasteiger partial charge on any atom is -0.415 e. The van der Waals surface area contributed by atoms with E-state index in [0.29, 0.717) is 12.2 Å². The van der Waals surface area contributed by atoms with Crippen LogP contribution in [0.2, 0.25) is 18.1 Å². The fourth-order valence-electron chi connectivity index (χ4n) is 2.20. The van der Waals surface area contributed by atoms with Gasteiger partial charge in [-0.25, -0.2) is 0 Å². The smallest absolute Gasteiger partial charge is 0.192 e. The molecule has 0 aromatic rings. The Bertz CT molecular complexity index is 201. The molecular formula is C13H28O3Si. The first kappa shape index (κ1) is 15.2. The zero-order valence-corrected chi connectivity index (χ0v) is 12.8. The van der Waals surface area contributed by atoms with Crippen LogP contribution in [-0.2, 0) is 13.9 Å². The molecule has 0 aromatic heterocycles. The van der Waals surface area contributed by atoms with Crippen molar-refractivity contribution in [1.82, 2.24) is 0 Å². The van der Waals surface area contributed by atoms with Gasteiger partial charge < -0.3 is 13.9 Å². The highest BCUT2D eigenvalue weighted by atomic mass is 28.4. The number of epoxide rings is 1. The van der Waals surface area contributed by atoms with Gasteiger partial charge in [0, 0.05) is 12.7 Å². The third-order valence-corrected chi connectivity index (χ3v) is 8.22. The van der Waals surface area contributed by atoms with Crippen LogP contribution >= 0.6 is 0 Å². The molecule has 0 aliphatic carbocycles. The number of ether oxygens (including phenoxy) is 2. The Balaban J connectivity index is 2.17. The van der Waals surface area contributed by atoms with Gasteiger partial charge in [0.15, 0.2) is 8.32 Å². The molecule has 0 aromatic carbocycles. The average molecular weight is 260 g/mol. The lowest BCUT2D eigenvalue weighted by molar-refractivity contribution is 0.115. The van der Waals surface area contributed by atoms with Crippen molar-refractivity contribution < 1.29 is 13.9 Å². The number of hydrogen-bond acceptors (Lipinski definition) is 3.